The maximum atomic E-state index is 12.6. The summed E-state index contributed by atoms with van der Waals surface area (Å²) >= 11 is 5.91. The van der Waals surface area contributed by atoms with E-state index < -0.39 is 5.92 Å². The molecule has 0 aromatic heterocycles. The van der Waals surface area contributed by atoms with Crippen LogP contribution in [0.15, 0.2) is 24.3 Å². The third-order valence-electron chi connectivity index (χ3n) is 5.67. The van der Waals surface area contributed by atoms with Crippen LogP contribution in [0.1, 0.15) is 33.1 Å². The molecule has 142 valence electrons. The van der Waals surface area contributed by atoms with Gasteiger partial charge in [-0.2, -0.15) is 0 Å². The van der Waals surface area contributed by atoms with Crippen LogP contribution in [0.5, 0.6) is 0 Å². The van der Waals surface area contributed by atoms with Gasteiger partial charge in [-0.25, -0.2) is 0 Å². The number of piperidine rings is 1. The largest absolute Gasteiger partial charge is 0.354 e. The minimum atomic E-state index is -0.584. The Kier molecular flexibility index (Phi) is 6.20. The van der Waals surface area contributed by atoms with E-state index in [0.29, 0.717) is 30.6 Å². The van der Waals surface area contributed by atoms with Crippen LogP contribution in [0.4, 0.5) is 5.69 Å². The quantitative estimate of drug-likeness (QED) is 0.803. The van der Waals surface area contributed by atoms with Crippen LogP contribution in [-0.2, 0) is 9.59 Å². The molecule has 1 aromatic carbocycles. The van der Waals surface area contributed by atoms with Crippen molar-refractivity contribution in [2.45, 2.75) is 39.2 Å². The van der Waals surface area contributed by atoms with E-state index in [-0.39, 0.29) is 11.8 Å². The molecular weight excluding hydrogens is 350 g/mol. The maximum absolute atomic E-state index is 12.6. The Morgan fingerprint density at radius 2 is 1.85 bits per heavy atom. The standard InChI is InChI=1S/C20H28ClN3O2/c1-14-7-10-23(11-8-14)15(2)13-22-19(25)18-9-12-24(20(18)26)17-5-3-16(21)4-6-17/h3-6,14-15,18H,7-13H2,1-2H3,(H,22,25)/t15-,18+/m0/s1. The molecule has 2 aliphatic heterocycles. The third-order valence-corrected chi connectivity index (χ3v) is 5.93. The molecule has 26 heavy (non-hydrogen) atoms. The fraction of sp³-hybridized carbons (Fsp3) is 0.600. The molecule has 2 atom stereocenters. The van der Waals surface area contributed by atoms with Crippen LogP contribution in [0.3, 0.4) is 0 Å². The number of hydrogen-bond donors (Lipinski definition) is 1. The number of benzene rings is 1. The van der Waals surface area contributed by atoms with E-state index in [1.165, 1.54) is 12.8 Å². The normalized spacial score (nSPS) is 23.3. The molecule has 0 radical (unpaired) electrons. The van der Waals surface area contributed by atoms with E-state index in [2.05, 4.69) is 24.1 Å². The number of halogens is 1. The summed E-state index contributed by atoms with van der Waals surface area (Å²) in [5.41, 5.74) is 0.797. The first-order valence-corrected chi connectivity index (χ1v) is 9.92. The van der Waals surface area contributed by atoms with Gasteiger partial charge < -0.3 is 10.2 Å². The molecule has 1 N–H and O–H groups in total. The molecule has 2 amide bonds. The molecule has 2 aliphatic rings. The Morgan fingerprint density at radius 3 is 2.50 bits per heavy atom. The molecule has 1 aromatic rings. The summed E-state index contributed by atoms with van der Waals surface area (Å²) in [5.74, 6) is -0.0600. The first-order chi connectivity index (χ1) is 12.5. The fourth-order valence-corrected chi connectivity index (χ4v) is 3.90. The first-order valence-electron chi connectivity index (χ1n) is 9.54. The molecule has 0 aliphatic carbocycles. The zero-order valence-corrected chi connectivity index (χ0v) is 16.3. The van der Waals surface area contributed by atoms with Crippen molar-refractivity contribution in [1.82, 2.24) is 10.2 Å². The minimum Gasteiger partial charge on any atom is -0.354 e. The number of anilines is 1. The number of amides is 2. The number of nitrogens with zero attached hydrogens (tertiary/aromatic N) is 2. The molecule has 2 saturated heterocycles. The summed E-state index contributed by atoms with van der Waals surface area (Å²) < 4.78 is 0. The second-order valence-corrected chi connectivity index (χ2v) is 8.06. The van der Waals surface area contributed by atoms with Crippen LogP contribution in [0.2, 0.25) is 5.02 Å². The first kappa shape index (κ1) is 19.2. The van der Waals surface area contributed by atoms with Crippen molar-refractivity contribution < 1.29 is 9.59 Å². The number of likely N-dealkylation sites (tertiary alicyclic amines) is 1. The van der Waals surface area contributed by atoms with Crippen LogP contribution in [0.25, 0.3) is 0 Å². The Bertz CT molecular complexity index is 641. The maximum Gasteiger partial charge on any atom is 0.239 e. The average molecular weight is 378 g/mol. The highest BCUT2D eigenvalue weighted by Gasteiger charge is 2.37. The average Bonchev–Trinajstić information content (AvgIpc) is 3.02. The molecule has 0 spiro atoms. The van der Waals surface area contributed by atoms with Crippen LogP contribution >= 0.6 is 11.6 Å². The van der Waals surface area contributed by atoms with Crippen molar-refractivity contribution in [3.8, 4) is 0 Å². The smallest absolute Gasteiger partial charge is 0.239 e. The van der Waals surface area contributed by atoms with Crippen LogP contribution in [-0.4, -0.2) is 48.9 Å². The highest BCUT2D eigenvalue weighted by Crippen LogP contribution is 2.26. The Labute approximate surface area is 160 Å². The van der Waals surface area contributed by atoms with Gasteiger partial charge in [-0.15, -0.1) is 0 Å². The number of hydrogen-bond acceptors (Lipinski definition) is 3. The van der Waals surface area contributed by atoms with Crippen LogP contribution < -0.4 is 10.2 Å². The van der Waals surface area contributed by atoms with Gasteiger partial charge in [0.2, 0.25) is 11.8 Å². The van der Waals surface area contributed by atoms with Crippen molar-refractivity contribution in [3.63, 3.8) is 0 Å². The van der Waals surface area contributed by atoms with Gasteiger partial charge in [0.1, 0.15) is 5.92 Å². The van der Waals surface area contributed by atoms with Crippen molar-refractivity contribution in [1.29, 1.82) is 0 Å². The summed E-state index contributed by atoms with van der Waals surface area (Å²) in [6.07, 6.45) is 2.99. The predicted molar refractivity (Wildman–Crippen MR) is 104 cm³/mol. The lowest BCUT2D eigenvalue weighted by Crippen LogP contribution is -2.47. The van der Waals surface area contributed by atoms with E-state index in [9.17, 15) is 9.59 Å². The van der Waals surface area contributed by atoms with Gasteiger partial charge in [-0.1, -0.05) is 18.5 Å². The molecule has 2 heterocycles. The highest BCUT2D eigenvalue weighted by atomic mass is 35.5. The Hall–Kier alpha value is -1.59. The number of carbonyl (C=O) groups excluding carboxylic acids is 2. The molecule has 0 saturated carbocycles. The van der Waals surface area contributed by atoms with Gasteiger partial charge in [0.25, 0.3) is 0 Å². The van der Waals surface area contributed by atoms with Crippen molar-refractivity contribution in [2.75, 3.05) is 31.1 Å². The lowest BCUT2D eigenvalue weighted by atomic mass is 9.98. The fourth-order valence-electron chi connectivity index (χ4n) is 3.77. The second-order valence-electron chi connectivity index (χ2n) is 7.62. The van der Waals surface area contributed by atoms with Gasteiger partial charge in [0.05, 0.1) is 0 Å². The SMILES string of the molecule is CC1CCN([C@@H](C)CNC(=O)[C@H]2CCN(c3ccc(Cl)cc3)C2=O)CC1. The van der Waals surface area contributed by atoms with E-state index in [4.69, 9.17) is 11.6 Å². The summed E-state index contributed by atoms with van der Waals surface area (Å²) in [4.78, 5) is 29.3. The molecule has 5 nitrogen and oxygen atoms in total. The van der Waals surface area contributed by atoms with Gasteiger partial charge in [-0.3, -0.25) is 14.5 Å². The summed E-state index contributed by atoms with van der Waals surface area (Å²) in [6, 6.07) is 7.47. The lowest BCUT2D eigenvalue weighted by Gasteiger charge is -2.35. The molecule has 0 bridgehead atoms. The van der Waals surface area contributed by atoms with Crippen molar-refractivity contribution in [2.24, 2.45) is 11.8 Å². The van der Waals surface area contributed by atoms with E-state index in [1.807, 2.05) is 12.1 Å². The Balaban J connectivity index is 1.50. The Morgan fingerprint density at radius 1 is 1.19 bits per heavy atom. The number of nitrogens with one attached hydrogen (secondary N) is 1. The topological polar surface area (TPSA) is 52.7 Å². The number of rotatable bonds is 5. The molecule has 6 heteroatoms. The second kappa shape index (κ2) is 8.40. The van der Waals surface area contributed by atoms with E-state index in [0.717, 1.165) is 24.7 Å². The van der Waals surface area contributed by atoms with Gasteiger partial charge in [0, 0.05) is 29.8 Å². The third kappa shape index (κ3) is 4.38. The van der Waals surface area contributed by atoms with Crippen LogP contribution in [0, 0.1) is 11.8 Å². The summed E-state index contributed by atoms with van der Waals surface area (Å²) in [7, 11) is 0. The summed E-state index contributed by atoms with van der Waals surface area (Å²) in [6.45, 7) is 7.78. The molecule has 0 unspecified atom stereocenters. The monoisotopic (exact) mass is 377 g/mol. The van der Waals surface area contributed by atoms with Gasteiger partial charge >= 0.3 is 0 Å². The highest BCUT2D eigenvalue weighted by molar-refractivity contribution is 6.30. The summed E-state index contributed by atoms with van der Waals surface area (Å²) in [5, 5.41) is 3.63. The lowest BCUT2D eigenvalue weighted by molar-refractivity contribution is -0.132. The molecular formula is C20H28ClN3O2. The van der Waals surface area contributed by atoms with E-state index >= 15 is 0 Å². The van der Waals surface area contributed by atoms with Crippen molar-refractivity contribution >= 4 is 29.1 Å². The zero-order valence-electron chi connectivity index (χ0n) is 15.6. The predicted octanol–water partition coefficient (Wildman–Crippen LogP) is 2.93. The minimum absolute atomic E-state index is 0.121. The van der Waals surface area contributed by atoms with E-state index in [1.54, 1.807) is 17.0 Å². The molecule has 2 fully saturated rings. The zero-order chi connectivity index (χ0) is 18.7. The van der Waals surface area contributed by atoms with Crippen molar-refractivity contribution in [3.05, 3.63) is 29.3 Å². The van der Waals surface area contributed by atoms with Gasteiger partial charge in [-0.05, 0) is 69.5 Å². The molecule has 3 rings (SSSR count). The number of carbonyl (C=O) groups is 2. The van der Waals surface area contributed by atoms with Gasteiger partial charge in [0.15, 0.2) is 0 Å².